The van der Waals surface area contributed by atoms with Gasteiger partial charge in [0.05, 0.1) is 12.6 Å². The first-order valence-electron chi connectivity index (χ1n) is 9.93. The van der Waals surface area contributed by atoms with Crippen molar-refractivity contribution in [3.05, 3.63) is 35.1 Å². The van der Waals surface area contributed by atoms with Gasteiger partial charge in [-0.25, -0.2) is 9.38 Å². The molecule has 0 bridgehead atoms. The minimum Gasteiger partial charge on any atom is -0.378 e. The topological polar surface area (TPSA) is 48.9 Å². The average molecular weight is 381 g/mol. The summed E-state index contributed by atoms with van der Waals surface area (Å²) in [5, 5.41) is 6.63. The predicted molar refractivity (Wildman–Crippen MR) is 111 cm³/mol. The highest BCUT2D eigenvalue weighted by molar-refractivity contribution is 5.79. The number of rotatable bonds is 11. The van der Waals surface area contributed by atoms with Crippen LogP contribution in [0, 0.1) is 11.7 Å². The summed E-state index contributed by atoms with van der Waals surface area (Å²) in [6.07, 6.45) is 1.18. The number of ether oxygens (including phenoxy) is 1. The van der Waals surface area contributed by atoms with Crippen molar-refractivity contribution in [1.29, 1.82) is 0 Å². The van der Waals surface area contributed by atoms with E-state index in [1.807, 2.05) is 38.9 Å². The number of halogens is 1. The third-order valence-electron chi connectivity index (χ3n) is 4.21. The molecular weight excluding hydrogens is 343 g/mol. The molecule has 5 nitrogen and oxygen atoms in total. The number of hydrogen-bond donors (Lipinski definition) is 2. The van der Waals surface area contributed by atoms with Gasteiger partial charge in [-0.3, -0.25) is 0 Å². The molecule has 27 heavy (non-hydrogen) atoms. The van der Waals surface area contributed by atoms with Gasteiger partial charge in [0.1, 0.15) is 5.82 Å². The highest BCUT2D eigenvalue weighted by Gasteiger charge is 2.13. The van der Waals surface area contributed by atoms with Crippen molar-refractivity contribution in [3.8, 4) is 0 Å². The fourth-order valence-electron chi connectivity index (χ4n) is 2.86. The highest BCUT2D eigenvalue weighted by atomic mass is 19.1. The van der Waals surface area contributed by atoms with Gasteiger partial charge >= 0.3 is 0 Å². The second-order valence-corrected chi connectivity index (χ2v) is 7.31. The molecule has 2 N–H and O–H groups in total. The quantitative estimate of drug-likeness (QED) is 0.456. The summed E-state index contributed by atoms with van der Waals surface area (Å²) in [5.41, 5.74) is 1.70. The van der Waals surface area contributed by atoms with Crippen LogP contribution in [0.5, 0.6) is 0 Å². The zero-order valence-corrected chi connectivity index (χ0v) is 17.8. The Kier molecular flexibility index (Phi) is 11.0. The van der Waals surface area contributed by atoms with E-state index in [9.17, 15) is 4.39 Å². The van der Waals surface area contributed by atoms with Gasteiger partial charge < -0.3 is 20.3 Å². The lowest BCUT2D eigenvalue weighted by atomic mass is 10.0. The second-order valence-electron chi connectivity index (χ2n) is 7.31. The largest absolute Gasteiger partial charge is 0.378 e. The molecule has 154 valence electrons. The maximum absolute atomic E-state index is 13.9. The van der Waals surface area contributed by atoms with Crippen LogP contribution in [0.4, 0.5) is 4.39 Å². The Morgan fingerprint density at radius 3 is 2.56 bits per heavy atom. The SMILES string of the molecule is CCNC(=NCc1ccc(F)c(CN(C)C)c1)NCCC(OCC)C(C)C. The fourth-order valence-corrected chi connectivity index (χ4v) is 2.86. The minimum atomic E-state index is -0.169. The lowest BCUT2D eigenvalue weighted by Gasteiger charge is -2.21. The Bertz CT molecular complexity index is 575. The van der Waals surface area contributed by atoms with Crippen molar-refractivity contribution in [1.82, 2.24) is 15.5 Å². The maximum Gasteiger partial charge on any atom is 0.191 e. The van der Waals surface area contributed by atoms with Crippen molar-refractivity contribution < 1.29 is 9.13 Å². The molecule has 1 atom stereocenters. The molecular formula is C21H37FN4O. The molecule has 6 heteroatoms. The maximum atomic E-state index is 13.9. The van der Waals surface area contributed by atoms with Gasteiger partial charge in [-0.1, -0.05) is 19.9 Å². The molecule has 0 aliphatic carbocycles. The summed E-state index contributed by atoms with van der Waals surface area (Å²) in [7, 11) is 3.87. The zero-order valence-electron chi connectivity index (χ0n) is 17.8. The van der Waals surface area contributed by atoms with E-state index in [1.165, 1.54) is 6.07 Å². The van der Waals surface area contributed by atoms with Crippen LogP contribution in [-0.2, 0) is 17.8 Å². The Labute approximate surface area is 164 Å². The Morgan fingerprint density at radius 1 is 1.22 bits per heavy atom. The Balaban J connectivity index is 2.67. The van der Waals surface area contributed by atoms with E-state index in [4.69, 9.17) is 4.74 Å². The van der Waals surface area contributed by atoms with Crippen molar-refractivity contribution in [2.45, 2.75) is 53.3 Å². The molecule has 0 saturated heterocycles. The first-order valence-corrected chi connectivity index (χ1v) is 9.93. The molecule has 0 aliphatic rings. The van der Waals surface area contributed by atoms with Gasteiger partial charge in [0.2, 0.25) is 0 Å². The molecule has 0 radical (unpaired) electrons. The second kappa shape index (κ2) is 12.7. The summed E-state index contributed by atoms with van der Waals surface area (Å²) in [4.78, 5) is 6.60. The summed E-state index contributed by atoms with van der Waals surface area (Å²) < 4.78 is 19.7. The molecule has 1 unspecified atom stereocenters. The van der Waals surface area contributed by atoms with E-state index in [1.54, 1.807) is 6.07 Å². The van der Waals surface area contributed by atoms with Gasteiger partial charge in [-0.2, -0.15) is 0 Å². The van der Waals surface area contributed by atoms with Crippen molar-refractivity contribution >= 4 is 5.96 Å². The van der Waals surface area contributed by atoms with Crippen molar-refractivity contribution in [3.63, 3.8) is 0 Å². The zero-order chi connectivity index (χ0) is 20.2. The van der Waals surface area contributed by atoms with Crippen molar-refractivity contribution in [2.24, 2.45) is 10.9 Å². The van der Waals surface area contributed by atoms with E-state index in [-0.39, 0.29) is 11.9 Å². The average Bonchev–Trinajstić information content (AvgIpc) is 2.60. The third-order valence-corrected chi connectivity index (χ3v) is 4.21. The van der Waals surface area contributed by atoms with Crippen LogP contribution in [0.1, 0.15) is 45.2 Å². The van der Waals surface area contributed by atoms with Crippen LogP contribution in [0.2, 0.25) is 0 Å². The first-order chi connectivity index (χ1) is 12.9. The van der Waals surface area contributed by atoms with Crippen LogP contribution in [0.3, 0.4) is 0 Å². The molecule has 0 saturated carbocycles. The van der Waals surface area contributed by atoms with Crippen LogP contribution in [-0.4, -0.2) is 50.8 Å². The van der Waals surface area contributed by atoms with E-state index in [0.717, 1.165) is 37.6 Å². The summed E-state index contributed by atoms with van der Waals surface area (Å²) in [6, 6.07) is 5.22. The number of nitrogens with one attached hydrogen (secondary N) is 2. The van der Waals surface area contributed by atoms with Crippen LogP contribution in [0.25, 0.3) is 0 Å². The summed E-state index contributed by atoms with van der Waals surface area (Å²) in [6.45, 7) is 11.8. The number of nitrogens with zero attached hydrogens (tertiary/aromatic N) is 2. The van der Waals surface area contributed by atoms with E-state index in [0.29, 0.717) is 24.6 Å². The molecule has 0 aromatic heterocycles. The number of guanidine groups is 1. The van der Waals surface area contributed by atoms with Crippen LogP contribution in [0.15, 0.2) is 23.2 Å². The summed E-state index contributed by atoms with van der Waals surface area (Å²) >= 11 is 0. The molecule has 1 rings (SSSR count). The van der Waals surface area contributed by atoms with E-state index < -0.39 is 0 Å². The van der Waals surface area contributed by atoms with Gasteiger partial charge in [0.25, 0.3) is 0 Å². The monoisotopic (exact) mass is 380 g/mol. The first kappa shape index (κ1) is 23.4. The highest BCUT2D eigenvalue weighted by Crippen LogP contribution is 2.13. The molecule has 0 fully saturated rings. The predicted octanol–water partition coefficient (Wildman–Crippen LogP) is 3.39. The number of aliphatic imine (C=N–C) groups is 1. The smallest absolute Gasteiger partial charge is 0.191 e. The fraction of sp³-hybridized carbons (Fsp3) is 0.667. The van der Waals surface area contributed by atoms with Gasteiger partial charge in [-0.15, -0.1) is 0 Å². The molecule has 1 aromatic rings. The normalized spacial score (nSPS) is 13.3. The van der Waals surface area contributed by atoms with E-state index in [2.05, 4.69) is 29.5 Å². The standard InChI is InChI=1S/C21H37FN4O/c1-7-23-21(24-12-11-20(16(3)4)27-8-2)25-14-17-9-10-19(22)18(13-17)15-26(5)6/h9-10,13,16,20H,7-8,11-12,14-15H2,1-6H3,(H2,23,24,25). The molecule has 1 aromatic carbocycles. The van der Waals surface area contributed by atoms with Gasteiger partial charge in [0, 0.05) is 31.8 Å². The van der Waals surface area contributed by atoms with E-state index >= 15 is 0 Å². The minimum absolute atomic E-state index is 0.169. The summed E-state index contributed by atoms with van der Waals surface area (Å²) in [5.74, 6) is 1.09. The van der Waals surface area contributed by atoms with Gasteiger partial charge in [-0.05, 0) is 58.0 Å². The lowest BCUT2D eigenvalue weighted by molar-refractivity contribution is 0.0258. The van der Waals surface area contributed by atoms with Crippen LogP contribution >= 0.6 is 0 Å². The van der Waals surface area contributed by atoms with Crippen LogP contribution < -0.4 is 10.6 Å². The molecule has 0 heterocycles. The number of benzene rings is 1. The Morgan fingerprint density at radius 2 is 1.96 bits per heavy atom. The lowest BCUT2D eigenvalue weighted by Crippen LogP contribution is -2.39. The molecule has 0 spiro atoms. The molecule has 0 amide bonds. The van der Waals surface area contributed by atoms with Crippen molar-refractivity contribution in [2.75, 3.05) is 33.8 Å². The Hall–Kier alpha value is -1.66. The third kappa shape index (κ3) is 9.20. The molecule has 0 aliphatic heterocycles. The van der Waals surface area contributed by atoms with Gasteiger partial charge in [0.15, 0.2) is 5.96 Å². The number of hydrogen-bond acceptors (Lipinski definition) is 3.